The van der Waals surface area contributed by atoms with E-state index in [9.17, 15) is 28.8 Å². The third-order valence-corrected chi connectivity index (χ3v) is 6.38. The van der Waals surface area contributed by atoms with E-state index >= 15 is 0 Å². The molecule has 42 heavy (non-hydrogen) atoms. The summed E-state index contributed by atoms with van der Waals surface area (Å²) in [6.07, 6.45) is -8.58. The van der Waals surface area contributed by atoms with Crippen LogP contribution in [-0.4, -0.2) is 105 Å². The average molecular weight is 605 g/mol. The van der Waals surface area contributed by atoms with E-state index in [4.69, 9.17) is 42.6 Å². The summed E-state index contributed by atoms with van der Waals surface area (Å²) in [5.41, 5.74) is 0. The minimum Gasteiger partial charge on any atom is -0.463 e. The fourth-order valence-electron chi connectivity index (χ4n) is 5.04. The minimum atomic E-state index is -1.35. The molecule has 0 unspecified atom stereocenters. The summed E-state index contributed by atoms with van der Waals surface area (Å²) in [6.45, 7) is 8.43. The van der Waals surface area contributed by atoms with E-state index in [0.717, 1.165) is 20.8 Å². The normalized spacial score (nSPS) is 30.8. The molecule has 2 fully saturated rings. The number of carbonyl (C=O) groups is 6. The Morgan fingerprint density at radius 3 is 1.45 bits per heavy atom. The summed E-state index contributed by atoms with van der Waals surface area (Å²) in [7, 11) is 0. The van der Waals surface area contributed by atoms with Crippen LogP contribution in [0.3, 0.4) is 0 Å². The lowest BCUT2D eigenvalue weighted by Crippen LogP contribution is -2.63. The first kappa shape index (κ1) is 34.9. The molecule has 0 aromatic rings. The zero-order valence-corrected chi connectivity index (χ0v) is 24.9. The zero-order chi connectivity index (χ0) is 31.6. The SMILES string of the molecule is CCO[C@@H]1C[C@H](C[C@H]2O[C@H](COC(C)=O)[C@@H](OC(C)=O)[C@H](OC(C)=O)[C@H]2OC(C)=O)[C@@H](OC(C)=O)[C@H](COC(C)=O)O1. The molecule has 2 aliphatic heterocycles. The Labute approximate surface area is 243 Å². The van der Waals surface area contributed by atoms with Crippen LogP contribution in [0.4, 0.5) is 0 Å². The van der Waals surface area contributed by atoms with Crippen molar-refractivity contribution in [3.8, 4) is 0 Å². The second-order valence-electron chi connectivity index (χ2n) is 9.91. The van der Waals surface area contributed by atoms with Crippen molar-refractivity contribution in [2.24, 2.45) is 5.92 Å². The Kier molecular flexibility index (Phi) is 13.6. The lowest BCUT2D eigenvalue weighted by molar-refractivity contribution is -0.271. The van der Waals surface area contributed by atoms with Crippen LogP contribution in [0.25, 0.3) is 0 Å². The molecule has 0 aromatic carbocycles. The van der Waals surface area contributed by atoms with Gasteiger partial charge in [0.15, 0.2) is 24.6 Å². The van der Waals surface area contributed by atoms with E-state index in [-0.39, 0.29) is 32.7 Å². The Hall–Kier alpha value is -3.30. The van der Waals surface area contributed by atoms with Gasteiger partial charge in [0.2, 0.25) is 0 Å². The van der Waals surface area contributed by atoms with Gasteiger partial charge in [0.05, 0.1) is 6.10 Å². The summed E-state index contributed by atoms with van der Waals surface area (Å²) in [4.78, 5) is 71.6. The van der Waals surface area contributed by atoms with E-state index in [0.29, 0.717) is 0 Å². The van der Waals surface area contributed by atoms with Crippen LogP contribution < -0.4 is 0 Å². The second-order valence-corrected chi connectivity index (χ2v) is 9.91. The molecule has 0 bridgehead atoms. The summed E-state index contributed by atoms with van der Waals surface area (Å²) in [6, 6.07) is 0. The Balaban J connectivity index is 2.54. The van der Waals surface area contributed by atoms with Crippen LogP contribution in [0.1, 0.15) is 61.3 Å². The monoisotopic (exact) mass is 604 g/mol. The maximum Gasteiger partial charge on any atom is 0.303 e. The number of rotatable bonds is 12. The lowest BCUT2D eigenvalue weighted by Gasteiger charge is -2.47. The van der Waals surface area contributed by atoms with Crippen molar-refractivity contribution >= 4 is 35.8 Å². The molecule has 15 heteroatoms. The van der Waals surface area contributed by atoms with Gasteiger partial charge in [-0.2, -0.15) is 0 Å². The van der Waals surface area contributed by atoms with Crippen molar-refractivity contribution in [3.05, 3.63) is 0 Å². The van der Waals surface area contributed by atoms with Gasteiger partial charge in [-0.05, 0) is 13.3 Å². The van der Waals surface area contributed by atoms with Gasteiger partial charge in [0, 0.05) is 60.5 Å². The van der Waals surface area contributed by atoms with Gasteiger partial charge in [-0.1, -0.05) is 0 Å². The van der Waals surface area contributed by atoms with Gasteiger partial charge in [-0.25, -0.2) is 0 Å². The summed E-state index contributed by atoms with van der Waals surface area (Å²) >= 11 is 0. The molecule has 0 radical (unpaired) electrons. The standard InChI is InChI=1S/C27H40O15/c1-8-34-23-10-19(24(37-15(4)30)21(42-23)11-35-13(2)28)9-20-25(38-16(5)31)27(40-18(7)33)26(39-17(6)32)22(41-20)12-36-14(3)29/h19-27H,8-12H2,1-7H3/t19-,20+,21-,22+,23-,24+,25-,26+,27+/m0/s1. The molecule has 2 aliphatic rings. The molecule has 0 saturated carbocycles. The Bertz CT molecular complexity index is 981. The predicted octanol–water partition coefficient (Wildman–Crippen LogP) is 0.765. The van der Waals surface area contributed by atoms with Gasteiger partial charge in [0.25, 0.3) is 0 Å². The molecule has 15 nitrogen and oxygen atoms in total. The molecule has 2 heterocycles. The number of carbonyl (C=O) groups excluding carboxylic acids is 6. The van der Waals surface area contributed by atoms with Gasteiger partial charge < -0.3 is 42.6 Å². The molecule has 2 saturated heterocycles. The quantitative estimate of drug-likeness (QED) is 0.224. The third-order valence-electron chi connectivity index (χ3n) is 6.38. The van der Waals surface area contributed by atoms with Crippen LogP contribution in [0.5, 0.6) is 0 Å². The molecular weight excluding hydrogens is 564 g/mol. The number of ether oxygens (including phenoxy) is 9. The molecule has 238 valence electrons. The zero-order valence-electron chi connectivity index (χ0n) is 24.9. The van der Waals surface area contributed by atoms with Crippen molar-refractivity contribution in [1.29, 1.82) is 0 Å². The molecule has 0 spiro atoms. The fourth-order valence-corrected chi connectivity index (χ4v) is 5.04. The highest BCUT2D eigenvalue weighted by atomic mass is 16.7. The van der Waals surface area contributed by atoms with Crippen molar-refractivity contribution in [3.63, 3.8) is 0 Å². The van der Waals surface area contributed by atoms with E-state index < -0.39 is 90.8 Å². The van der Waals surface area contributed by atoms with E-state index in [2.05, 4.69) is 0 Å². The van der Waals surface area contributed by atoms with Crippen LogP contribution in [-0.2, 0) is 71.4 Å². The molecule has 2 rings (SSSR count). The number of hydrogen-bond donors (Lipinski definition) is 0. The first-order chi connectivity index (χ1) is 19.7. The third kappa shape index (κ3) is 10.8. The largest absolute Gasteiger partial charge is 0.463 e. The highest BCUT2D eigenvalue weighted by Gasteiger charge is 2.54. The van der Waals surface area contributed by atoms with Crippen LogP contribution >= 0.6 is 0 Å². The summed E-state index contributed by atoms with van der Waals surface area (Å²) < 4.78 is 50.2. The first-order valence-electron chi connectivity index (χ1n) is 13.6. The minimum absolute atomic E-state index is 0.0144. The maximum atomic E-state index is 12.2. The highest BCUT2D eigenvalue weighted by molar-refractivity contribution is 5.69. The molecule has 0 aromatic heterocycles. The number of esters is 6. The van der Waals surface area contributed by atoms with Gasteiger partial charge in [-0.3, -0.25) is 28.8 Å². The number of hydrogen-bond acceptors (Lipinski definition) is 15. The average Bonchev–Trinajstić information content (AvgIpc) is 2.85. The van der Waals surface area contributed by atoms with Crippen LogP contribution in [0, 0.1) is 5.92 Å². The molecule has 0 N–H and O–H groups in total. The van der Waals surface area contributed by atoms with E-state index in [1.165, 1.54) is 20.8 Å². The molecule has 0 aliphatic carbocycles. The van der Waals surface area contributed by atoms with E-state index in [1.54, 1.807) is 6.92 Å². The van der Waals surface area contributed by atoms with Gasteiger partial charge >= 0.3 is 35.8 Å². The fraction of sp³-hybridized carbons (Fsp3) is 0.778. The highest BCUT2D eigenvalue weighted by Crippen LogP contribution is 2.38. The predicted molar refractivity (Wildman–Crippen MR) is 137 cm³/mol. The topological polar surface area (TPSA) is 185 Å². The van der Waals surface area contributed by atoms with Crippen molar-refractivity contribution in [1.82, 2.24) is 0 Å². The first-order valence-corrected chi connectivity index (χ1v) is 13.6. The van der Waals surface area contributed by atoms with Crippen LogP contribution in [0.2, 0.25) is 0 Å². The van der Waals surface area contributed by atoms with E-state index in [1.807, 2.05) is 0 Å². The van der Waals surface area contributed by atoms with Crippen molar-refractivity contribution in [2.75, 3.05) is 19.8 Å². The Morgan fingerprint density at radius 1 is 0.571 bits per heavy atom. The summed E-state index contributed by atoms with van der Waals surface area (Å²) in [5.74, 6) is -4.68. The maximum absolute atomic E-state index is 12.2. The Morgan fingerprint density at radius 2 is 1.00 bits per heavy atom. The molecule has 9 atom stereocenters. The van der Waals surface area contributed by atoms with Crippen molar-refractivity contribution in [2.45, 2.75) is 110 Å². The van der Waals surface area contributed by atoms with Gasteiger partial charge in [-0.15, -0.1) is 0 Å². The lowest BCUT2D eigenvalue weighted by atomic mass is 9.82. The van der Waals surface area contributed by atoms with Crippen molar-refractivity contribution < 1.29 is 71.4 Å². The summed E-state index contributed by atoms with van der Waals surface area (Å²) in [5, 5.41) is 0. The van der Waals surface area contributed by atoms with Gasteiger partial charge in [0.1, 0.15) is 31.5 Å². The molecule has 0 amide bonds. The smallest absolute Gasteiger partial charge is 0.303 e. The van der Waals surface area contributed by atoms with Crippen LogP contribution in [0.15, 0.2) is 0 Å². The molecular formula is C27H40O15. The second kappa shape index (κ2) is 16.4.